The number of nitrogens with zero attached hydrogens (tertiary/aromatic N) is 1. The summed E-state index contributed by atoms with van der Waals surface area (Å²) in [6.45, 7) is 9.09. The van der Waals surface area contributed by atoms with E-state index < -0.39 is 5.60 Å². The monoisotopic (exact) mass is 405 g/mol. The van der Waals surface area contributed by atoms with Crippen LogP contribution >= 0.6 is 0 Å². The third-order valence-corrected chi connectivity index (χ3v) is 5.11. The number of carbonyl (C=O) groups excluding carboxylic acids is 1. The van der Waals surface area contributed by atoms with Crippen molar-refractivity contribution in [3.63, 3.8) is 0 Å². The van der Waals surface area contributed by atoms with Crippen LogP contribution in [0, 0.1) is 0 Å². The molecule has 6 nitrogen and oxygen atoms in total. The number of benzene rings is 1. The predicted molar refractivity (Wildman–Crippen MR) is 111 cm³/mol. The van der Waals surface area contributed by atoms with Crippen molar-refractivity contribution in [1.82, 2.24) is 4.90 Å². The van der Waals surface area contributed by atoms with Gasteiger partial charge in [-0.25, -0.2) is 4.79 Å². The molecule has 6 heteroatoms. The molecule has 2 aliphatic heterocycles. The molecular formula is C23H35NO5. The Morgan fingerprint density at radius 3 is 2.79 bits per heavy atom. The van der Waals surface area contributed by atoms with Crippen molar-refractivity contribution < 1.29 is 23.7 Å². The summed E-state index contributed by atoms with van der Waals surface area (Å²) in [7, 11) is 0. The highest BCUT2D eigenvalue weighted by atomic mass is 16.7. The molecule has 0 N–H and O–H groups in total. The molecule has 1 atom stereocenters. The first-order valence-electron chi connectivity index (χ1n) is 10.9. The zero-order valence-corrected chi connectivity index (χ0v) is 18.1. The summed E-state index contributed by atoms with van der Waals surface area (Å²) in [4.78, 5) is 14.1. The maximum Gasteiger partial charge on any atom is 0.410 e. The van der Waals surface area contributed by atoms with E-state index in [1.807, 2.05) is 32.9 Å². The van der Waals surface area contributed by atoms with Crippen LogP contribution in [-0.2, 0) is 27.2 Å². The molecule has 2 heterocycles. The van der Waals surface area contributed by atoms with Gasteiger partial charge in [0.1, 0.15) is 11.4 Å². The third kappa shape index (κ3) is 6.89. The van der Waals surface area contributed by atoms with Crippen molar-refractivity contribution in [1.29, 1.82) is 0 Å². The van der Waals surface area contributed by atoms with Gasteiger partial charge in [0.25, 0.3) is 0 Å². The van der Waals surface area contributed by atoms with Crippen molar-refractivity contribution in [2.24, 2.45) is 0 Å². The minimum absolute atomic E-state index is 0.0151. The number of hydrogen-bond acceptors (Lipinski definition) is 5. The van der Waals surface area contributed by atoms with E-state index >= 15 is 0 Å². The van der Waals surface area contributed by atoms with E-state index in [0.29, 0.717) is 26.3 Å². The van der Waals surface area contributed by atoms with Crippen molar-refractivity contribution in [3.05, 3.63) is 29.3 Å². The van der Waals surface area contributed by atoms with Crippen LogP contribution in [0.3, 0.4) is 0 Å². The summed E-state index contributed by atoms with van der Waals surface area (Å²) in [5, 5.41) is 0. The minimum Gasteiger partial charge on any atom is -0.493 e. The molecule has 0 bridgehead atoms. The summed E-state index contributed by atoms with van der Waals surface area (Å²) >= 11 is 0. The van der Waals surface area contributed by atoms with E-state index in [1.54, 1.807) is 4.90 Å². The summed E-state index contributed by atoms with van der Waals surface area (Å²) in [5.41, 5.74) is 1.87. The summed E-state index contributed by atoms with van der Waals surface area (Å²) in [6, 6.07) is 6.08. The van der Waals surface area contributed by atoms with Gasteiger partial charge in [0.2, 0.25) is 0 Å². The van der Waals surface area contributed by atoms with Crippen molar-refractivity contribution >= 4 is 6.09 Å². The minimum atomic E-state index is -0.477. The van der Waals surface area contributed by atoms with E-state index in [0.717, 1.165) is 50.0 Å². The van der Waals surface area contributed by atoms with Crippen LogP contribution in [0.5, 0.6) is 5.75 Å². The molecule has 29 heavy (non-hydrogen) atoms. The molecule has 0 aliphatic carbocycles. The molecule has 0 aromatic heterocycles. The topological polar surface area (TPSA) is 57.2 Å². The Hall–Kier alpha value is -1.79. The van der Waals surface area contributed by atoms with Gasteiger partial charge in [0.05, 0.1) is 6.61 Å². The van der Waals surface area contributed by atoms with Crippen LogP contribution in [0.2, 0.25) is 0 Å². The highest BCUT2D eigenvalue weighted by Gasteiger charge is 2.27. The molecule has 1 aromatic carbocycles. The second-order valence-electron chi connectivity index (χ2n) is 8.77. The van der Waals surface area contributed by atoms with Crippen LogP contribution in [0.4, 0.5) is 4.79 Å². The lowest BCUT2D eigenvalue weighted by molar-refractivity contribution is -0.162. The van der Waals surface area contributed by atoms with E-state index in [9.17, 15) is 4.79 Å². The summed E-state index contributed by atoms with van der Waals surface area (Å²) in [5.74, 6) is 0.933. The van der Waals surface area contributed by atoms with Crippen LogP contribution in [0.15, 0.2) is 18.2 Å². The van der Waals surface area contributed by atoms with Gasteiger partial charge in [-0.3, -0.25) is 0 Å². The van der Waals surface area contributed by atoms with Gasteiger partial charge in [-0.1, -0.05) is 12.1 Å². The smallest absolute Gasteiger partial charge is 0.410 e. The average Bonchev–Trinajstić information content (AvgIpc) is 2.69. The maximum absolute atomic E-state index is 12.3. The lowest BCUT2D eigenvalue weighted by Gasteiger charge is -2.31. The largest absolute Gasteiger partial charge is 0.493 e. The molecule has 1 amide bonds. The second kappa shape index (κ2) is 10.3. The highest BCUT2D eigenvalue weighted by Crippen LogP contribution is 2.29. The Morgan fingerprint density at radius 2 is 2.03 bits per heavy atom. The van der Waals surface area contributed by atoms with Crippen LogP contribution in [0.1, 0.15) is 64.0 Å². The Morgan fingerprint density at radius 1 is 1.21 bits per heavy atom. The lowest BCUT2D eigenvalue weighted by Crippen LogP contribution is -2.40. The van der Waals surface area contributed by atoms with Gasteiger partial charge in [-0.05, 0) is 70.9 Å². The molecule has 1 saturated heterocycles. The average molecular weight is 406 g/mol. The number of fused-ring (bicyclic) bond motifs is 1. The Balaban J connectivity index is 1.42. The van der Waals surface area contributed by atoms with Crippen molar-refractivity contribution in [2.45, 2.75) is 77.7 Å². The molecule has 1 aromatic rings. The first-order chi connectivity index (χ1) is 13.9. The fourth-order valence-electron chi connectivity index (χ4n) is 3.64. The van der Waals surface area contributed by atoms with E-state index in [2.05, 4.69) is 6.07 Å². The zero-order valence-electron chi connectivity index (χ0n) is 18.1. The van der Waals surface area contributed by atoms with E-state index in [-0.39, 0.29) is 12.4 Å². The molecule has 0 saturated carbocycles. The fraction of sp³-hybridized carbons (Fsp3) is 0.696. The van der Waals surface area contributed by atoms with E-state index in [1.165, 1.54) is 12.0 Å². The van der Waals surface area contributed by atoms with Crippen LogP contribution in [-0.4, -0.2) is 49.2 Å². The Labute approximate surface area is 174 Å². The van der Waals surface area contributed by atoms with Crippen LogP contribution < -0.4 is 4.74 Å². The maximum atomic E-state index is 12.3. The first kappa shape index (κ1) is 21.9. The lowest BCUT2D eigenvalue weighted by atomic mass is 9.99. The number of hydrogen-bond donors (Lipinski definition) is 0. The molecule has 162 valence electrons. The normalized spacial score (nSPS) is 19.6. The number of ether oxygens (including phenoxy) is 4. The van der Waals surface area contributed by atoms with Crippen molar-refractivity contribution in [2.75, 3.05) is 26.4 Å². The number of carbonyl (C=O) groups is 1. The first-order valence-corrected chi connectivity index (χ1v) is 10.9. The number of amides is 1. The Bertz CT molecular complexity index is 664. The van der Waals surface area contributed by atoms with E-state index in [4.69, 9.17) is 18.9 Å². The SMILES string of the molecule is CC(C)(C)OC(=O)N1CCc2c(cccc2OCCCCOC2CCCCO2)C1. The van der Waals surface area contributed by atoms with Gasteiger partial charge >= 0.3 is 6.09 Å². The van der Waals surface area contributed by atoms with Crippen LogP contribution in [0.25, 0.3) is 0 Å². The zero-order chi connectivity index (χ0) is 20.7. The quantitative estimate of drug-likeness (QED) is 0.617. The highest BCUT2D eigenvalue weighted by molar-refractivity contribution is 5.69. The van der Waals surface area contributed by atoms with Gasteiger partial charge < -0.3 is 23.8 Å². The number of unbranched alkanes of at least 4 members (excludes halogenated alkanes) is 1. The summed E-state index contributed by atoms with van der Waals surface area (Å²) in [6.07, 6.45) is 5.76. The molecule has 0 spiro atoms. The fourth-order valence-corrected chi connectivity index (χ4v) is 3.64. The van der Waals surface area contributed by atoms with Gasteiger partial charge in [0.15, 0.2) is 6.29 Å². The summed E-state index contributed by atoms with van der Waals surface area (Å²) < 4.78 is 22.9. The standard InChI is InChI=1S/C23H35NO5/c1-23(2,3)29-22(25)24-13-12-19-18(17-24)9-8-10-20(19)26-14-6-7-16-28-21-11-4-5-15-27-21/h8-10,21H,4-7,11-17H2,1-3H3. The van der Waals surface area contributed by atoms with Crippen molar-refractivity contribution in [3.8, 4) is 5.75 Å². The molecular weight excluding hydrogens is 370 g/mol. The Kier molecular flexibility index (Phi) is 7.78. The number of rotatable bonds is 7. The molecule has 1 unspecified atom stereocenters. The van der Waals surface area contributed by atoms with Gasteiger partial charge in [-0.15, -0.1) is 0 Å². The third-order valence-electron chi connectivity index (χ3n) is 5.11. The second-order valence-corrected chi connectivity index (χ2v) is 8.77. The van der Waals surface area contributed by atoms with Gasteiger partial charge in [-0.2, -0.15) is 0 Å². The van der Waals surface area contributed by atoms with Gasteiger partial charge in [0, 0.05) is 31.9 Å². The molecule has 0 radical (unpaired) electrons. The molecule has 3 rings (SSSR count). The predicted octanol–water partition coefficient (Wildman–Crippen LogP) is 4.68. The molecule has 2 aliphatic rings. The molecule has 1 fully saturated rings.